The van der Waals surface area contributed by atoms with E-state index < -0.39 is 4.92 Å². The third-order valence-corrected chi connectivity index (χ3v) is 4.28. The van der Waals surface area contributed by atoms with Crippen LogP contribution in [0.4, 0.5) is 5.69 Å². The van der Waals surface area contributed by atoms with Crippen LogP contribution in [0.2, 0.25) is 0 Å². The van der Waals surface area contributed by atoms with Gasteiger partial charge in [0.05, 0.1) is 12.0 Å². The first-order valence-corrected chi connectivity index (χ1v) is 9.37. The van der Waals surface area contributed by atoms with Crippen molar-refractivity contribution in [2.24, 2.45) is 0 Å². The second-order valence-electron chi connectivity index (χ2n) is 6.45. The number of carbonyl (C=O) groups is 1. The van der Waals surface area contributed by atoms with Crippen molar-refractivity contribution in [2.45, 2.75) is 13.2 Å². The smallest absolute Gasteiger partial charge is 0.269 e. The zero-order valence-corrected chi connectivity index (χ0v) is 16.8. The van der Waals surface area contributed by atoms with Gasteiger partial charge >= 0.3 is 0 Å². The van der Waals surface area contributed by atoms with E-state index in [0.717, 1.165) is 11.1 Å². The van der Waals surface area contributed by atoms with E-state index >= 15 is 0 Å². The molecule has 31 heavy (non-hydrogen) atoms. The van der Waals surface area contributed by atoms with Crippen LogP contribution in [0.1, 0.15) is 11.1 Å². The Morgan fingerprint density at radius 1 is 1.00 bits per heavy atom. The molecule has 0 radical (unpaired) electrons. The molecule has 0 saturated heterocycles. The van der Waals surface area contributed by atoms with Crippen molar-refractivity contribution >= 4 is 11.6 Å². The van der Waals surface area contributed by atoms with Crippen LogP contribution in [-0.2, 0) is 17.9 Å². The lowest BCUT2D eigenvalue weighted by Crippen LogP contribution is -2.28. The second kappa shape index (κ2) is 10.6. The largest absolute Gasteiger partial charge is 0.493 e. The van der Waals surface area contributed by atoms with Gasteiger partial charge in [-0.3, -0.25) is 19.9 Å². The molecule has 9 nitrogen and oxygen atoms in total. The van der Waals surface area contributed by atoms with Crippen LogP contribution >= 0.6 is 0 Å². The summed E-state index contributed by atoms with van der Waals surface area (Å²) in [5, 5.41) is 13.4. The molecular formula is C22H21N3O6. The Balaban J connectivity index is 1.49. The fourth-order valence-electron chi connectivity index (χ4n) is 2.65. The Kier molecular flexibility index (Phi) is 7.36. The molecule has 1 N–H and O–H groups in total. The van der Waals surface area contributed by atoms with Crippen LogP contribution in [0, 0.1) is 10.1 Å². The van der Waals surface area contributed by atoms with Crippen LogP contribution in [-0.4, -0.2) is 29.5 Å². The highest BCUT2D eigenvalue weighted by atomic mass is 16.6. The molecule has 0 aliphatic carbocycles. The average molecular weight is 423 g/mol. The van der Waals surface area contributed by atoms with Gasteiger partial charge in [-0.05, 0) is 47.5 Å². The van der Waals surface area contributed by atoms with Crippen LogP contribution in [0.25, 0.3) is 0 Å². The molecule has 3 aromatic rings. The molecule has 160 valence electrons. The van der Waals surface area contributed by atoms with Crippen LogP contribution in [0.15, 0.2) is 67.0 Å². The SMILES string of the molecule is COc1cc(CNC(=O)COc2ccc([N+](=O)[O-])cc2)ccc1OCc1ccncc1. The number of rotatable bonds is 10. The van der Waals surface area contributed by atoms with Crippen molar-refractivity contribution < 1.29 is 23.9 Å². The topological polar surface area (TPSA) is 113 Å². The van der Waals surface area contributed by atoms with Crippen molar-refractivity contribution in [1.82, 2.24) is 10.3 Å². The van der Waals surface area contributed by atoms with E-state index in [1.54, 1.807) is 31.6 Å². The molecule has 0 fully saturated rings. The molecule has 1 aromatic heterocycles. The number of carbonyl (C=O) groups excluding carboxylic acids is 1. The number of benzene rings is 2. The van der Waals surface area contributed by atoms with Crippen LogP contribution in [0.3, 0.4) is 0 Å². The van der Waals surface area contributed by atoms with Gasteiger partial charge in [-0.1, -0.05) is 6.07 Å². The first-order chi connectivity index (χ1) is 15.0. The number of nitro benzene ring substituents is 1. The Labute approximate surface area is 178 Å². The molecule has 0 atom stereocenters. The normalized spacial score (nSPS) is 10.2. The van der Waals surface area contributed by atoms with E-state index in [1.165, 1.54) is 24.3 Å². The fourth-order valence-corrected chi connectivity index (χ4v) is 2.65. The van der Waals surface area contributed by atoms with Crippen molar-refractivity contribution in [3.63, 3.8) is 0 Å². The van der Waals surface area contributed by atoms with E-state index in [1.807, 2.05) is 18.2 Å². The van der Waals surface area contributed by atoms with E-state index in [9.17, 15) is 14.9 Å². The minimum atomic E-state index is -0.500. The summed E-state index contributed by atoms with van der Waals surface area (Å²) in [7, 11) is 1.55. The zero-order valence-electron chi connectivity index (χ0n) is 16.8. The molecule has 3 rings (SSSR count). The fraction of sp³-hybridized carbons (Fsp3) is 0.182. The predicted octanol–water partition coefficient (Wildman–Crippen LogP) is 3.27. The van der Waals surface area contributed by atoms with E-state index in [4.69, 9.17) is 14.2 Å². The van der Waals surface area contributed by atoms with Gasteiger partial charge in [-0.2, -0.15) is 0 Å². The van der Waals surface area contributed by atoms with E-state index in [2.05, 4.69) is 10.3 Å². The number of hydrogen-bond donors (Lipinski definition) is 1. The number of methoxy groups -OCH3 is 1. The summed E-state index contributed by atoms with van der Waals surface area (Å²) in [6, 6.07) is 14.7. The highest BCUT2D eigenvalue weighted by molar-refractivity contribution is 5.77. The number of nitrogens with one attached hydrogen (secondary N) is 1. The molecule has 1 amide bonds. The zero-order chi connectivity index (χ0) is 22.1. The number of pyridine rings is 1. The van der Waals surface area contributed by atoms with Crippen molar-refractivity contribution in [2.75, 3.05) is 13.7 Å². The number of nitrogens with zero attached hydrogens (tertiary/aromatic N) is 2. The Morgan fingerprint density at radius 3 is 2.42 bits per heavy atom. The quantitative estimate of drug-likeness (QED) is 0.393. The standard InChI is InChI=1S/C22H21N3O6/c1-29-21-12-17(2-7-20(21)31-14-16-8-10-23-11-9-16)13-24-22(26)15-30-19-5-3-18(4-6-19)25(27)28/h2-12H,13-15H2,1H3,(H,24,26). The van der Waals surface area contributed by atoms with Gasteiger partial charge in [-0.25, -0.2) is 0 Å². The van der Waals surface area contributed by atoms with Gasteiger partial charge in [0.1, 0.15) is 12.4 Å². The molecule has 0 aliphatic heterocycles. The maximum absolute atomic E-state index is 12.0. The molecule has 0 bridgehead atoms. The average Bonchev–Trinajstić information content (AvgIpc) is 2.81. The molecule has 0 spiro atoms. The van der Waals surface area contributed by atoms with Gasteiger partial charge in [0.2, 0.25) is 0 Å². The van der Waals surface area contributed by atoms with Crippen molar-refractivity contribution in [3.05, 3.63) is 88.2 Å². The predicted molar refractivity (Wildman–Crippen MR) is 112 cm³/mol. The second-order valence-corrected chi connectivity index (χ2v) is 6.45. The number of hydrogen-bond acceptors (Lipinski definition) is 7. The lowest BCUT2D eigenvalue weighted by atomic mass is 10.2. The van der Waals surface area contributed by atoms with Crippen molar-refractivity contribution in [3.8, 4) is 17.2 Å². The molecular weight excluding hydrogens is 402 g/mol. The lowest BCUT2D eigenvalue weighted by Gasteiger charge is -2.13. The monoisotopic (exact) mass is 423 g/mol. The summed E-state index contributed by atoms with van der Waals surface area (Å²) in [6.45, 7) is 0.459. The summed E-state index contributed by atoms with van der Waals surface area (Å²) in [4.78, 5) is 26.2. The van der Waals surface area contributed by atoms with Crippen molar-refractivity contribution in [1.29, 1.82) is 0 Å². The number of nitro groups is 1. The summed E-state index contributed by atoms with van der Waals surface area (Å²) in [5.41, 5.74) is 1.78. The number of non-ortho nitro benzene ring substituents is 1. The van der Waals surface area contributed by atoms with Crippen LogP contribution < -0.4 is 19.5 Å². The maximum Gasteiger partial charge on any atom is 0.269 e. The van der Waals surface area contributed by atoms with E-state index in [-0.39, 0.29) is 24.7 Å². The maximum atomic E-state index is 12.0. The van der Waals surface area contributed by atoms with Gasteiger partial charge in [0.15, 0.2) is 18.1 Å². The molecule has 0 unspecified atom stereocenters. The first kappa shape index (κ1) is 21.6. The highest BCUT2D eigenvalue weighted by Gasteiger charge is 2.09. The third-order valence-electron chi connectivity index (χ3n) is 4.28. The summed E-state index contributed by atoms with van der Waals surface area (Å²) in [6.07, 6.45) is 3.40. The highest BCUT2D eigenvalue weighted by Crippen LogP contribution is 2.28. The molecule has 0 saturated carbocycles. The van der Waals surface area contributed by atoms with Gasteiger partial charge in [0, 0.05) is 31.1 Å². The van der Waals surface area contributed by atoms with E-state index in [0.29, 0.717) is 23.9 Å². The minimum absolute atomic E-state index is 0.0426. The minimum Gasteiger partial charge on any atom is -0.493 e. The Morgan fingerprint density at radius 2 is 1.74 bits per heavy atom. The summed E-state index contributed by atoms with van der Waals surface area (Å²) < 4.78 is 16.5. The van der Waals surface area contributed by atoms with Gasteiger partial charge in [0.25, 0.3) is 11.6 Å². The summed E-state index contributed by atoms with van der Waals surface area (Å²) in [5.74, 6) is 1.20. The number of ether oxygens (including phenoxy) is 3. The van der Waals surface area contributed by atoms with Gasteiger partial charge < -0.3 is 19.5 Å². The summed E-state index contributed by atoms with van der Waals surface area (Å²) >= 11 is 0. The lowest BCUT2D eigenvalue weighted by molar-refractivity contribution is -0.384. The third kappa shape index (κ3) is 6.43. The van der Waals surface area contributed by atoms with Gasteiger partial charge in [-0.15, -0.1) is 0 Å². The molecule has 0 aliphatic rings. The molecule has 9 heteroatoms. The number of amides is 1. The molecule has 2 aromatic carbocycles. The van der Waals surface area contributed by atoms with Crippen LogP contribution in [0.5, 0.6) is 17.2 Å². The first-order valence-electron chi connectivity index (χ1n) is 9.37. The Hall–Kier alpha value is -4.14. The Bertz CT molecular complexity index is 1030. The number of aromatic nitrogens is 1. The molecule has 1 heterocycles.